The molecule has 1 N–H and O–H groups in total. The molecule has 2 amide bonds. The van der Waals surface area contributed by atoms with E-state index in [0.29, 0.717) is 30.0 Å². The zero-order valence-electron chi connectivity index (χ0n) is 18.2. The molecule has 8 nitrogen and oxygen atoms in total. The van der Waals surface area contributed by atoms with Gasteiger partial charge in [-0.1, -0.05) is 18.2 Å². The number of para-hydroxylation sites is 1. The largest absolute Gasteiger partial charge is 0.497 e. The zero-order valence-corrected chi connectivity index (χ0v) is 18.2. The lowest BCUT2D eigenvalue weighted by molar-refractivity contribution is -0.165. The van der Waals surface area contributed by atoms with Gasteiger partial charge in [-0.15, -0.1) is 0 Å². The lowest BCUT2D eigenvalue weighted by Gasteiger charge is -2.48. The lowest BCUT2D eigenvalue weighted by atomic mass is 9.83. The number of hydrogen-bond acceptors (Lipinski definition) is 5. The van der Waals surface area contributed by atoms with E-state index in [0.717, 1.165) is 22.2 Å². The SMILES string of the molecule is COc1ccc(OC)c(C=NN2CC(=O)N3CCc4c([nH]c5ccccc45)C3(C)C2=O)c1. The van der Waals surface area contributed by atoms with Crippen molar-refractivity contribution < 1.29 is 19.1 Å². The molecule has 3 aromatic rings. The van der Waals surface area contributed by atoms with Crippen LogP contribution in [0.4, 0.5) is 0 Å². The van der Waals surface area contributed by atoms with E-state index in [9.17, 15) is 9.59 Å². The first kappa shape index (κ1) is 20.1. The van der Waals surface area contributed by atoms with Gasteiger partial charge in [0.05, 0.1) is 26.1 Å². The topological polar surface area (TPSA) is 87.2 Å². The number of carbonyl (C=O) groups is 2. The number of methoxy groups -OCH3 is 2. The Bertz CT molecular complexity index is 1260. The minimum atomic E-state index is -1.14. The van der Waals surface area contributed by atoms with Gasteiger partial charge in [-0.3, -0.25) is 9.59 Å². The second kappa shape index (κ2) is 7.40. The van der Waals surface area contributed by atoms with Gasteiger partial charge in [-0.2, -0.15) is 5.10 Å². The van der Waals surface area contributed by atoms with Crippen LogP contribution in [0.3, 0.4) is 0 Å². The Morgan fingerprint density at radius 1 is 1.12 bits per heavy atom. The number of amides is 2. The van der Waals surface area contributed by atoms with E-state index in [2.05, 4.69) is 10.1 Å². The van der Waals surface area contributed by atoms with Crippen LogP contribution in [-0.4, -0.2) is 60.2 Å². The molecule has 0 bridgehead atoms. The van der Waals surface area contributed by atoms with Crippen LogP contribution >= 0.6 is 0 Å². The van der Waals surface area contributed by atoms with Crippen LogP contribution in [0.1, 0.15) is 23.7 Å². The van der Waals surface area contributed by atoms with Crippen molar-refractivity contribution in [2.24, 2.45) is 5.10 Å². The van der Waals surface area contributed by atoms with Crippen molar-refractivity contribution >= 4 is 28.9 Å². The molecule has 1 aromatic heterocycles. The fourth-order valence-electron chi connectivity index (χ4n) is 4.76. The highest BCUT2D eigenvalue weighted by Gasteiger charge is 2.54. The molecule has 2 aliphatic heterocycles. The monoisotopic (exact) mass is 432 g/mol. The number of rotatable bonds is 4. The van der Waals surface area contributed by atoms with Crippen LogP contribution in [0.5, 0.6) is 11.5 Å². The summed E-state index contributed by atoms with van der Waals surface area (Å²) < 4.78 is 10.7. The summed E-state index contributed by atoms with van der Waals surface area (Å²) in [6.45, 7) is 2.19. The standard InChI is InChI=1S/C24H24N4O4/c1-24-22-18(17-6-4-5-7-19(17)26-22)10-11-27(24)21(29)14-28(23(24)30)25-13-15-12-16(31-2)8-9-20(15)32-3/h4-9,12-13,26H,10-11,14H2,1-3H3. The number of fused-ring (bicyclic) bond motifs is 5. The maximum atomic E-state index is 13.7. The summed E-state index contributed by atoms with van der Waals surface area (Å²) in [5.41, 5.74) is 2.32. The molecule has 8 heteroatoms. The smallest absolute Gasteiger partial charge is 0.275 e. The minimum Gasteiger partial charge on any atom is -0.497 e. The fourth-order valence-corrected chi connectivity index (χ4v) is 4.76. The highest BCUT2D eigenvalue weighted by molar-refractivity contribution is 6.01. The maximum Gasteiger partial charge on any atom is 0.275 e. The first-order valence-electron chi connectivity index (χ1n) is 10.5. The van der Waals surface area contributed by atoms with Crippen molar-refractivity contribution in [3.63, 3.8) is 0 Å². The Labute approximate surface area is 185 Å². The number of aromatic nitrogens is 1. The highest BCUT2D eigenvalue weighted by Crippen LogP contribution is 2.42. The van der Waals surface area contributed by atoms with Gasteiger partial charge in [-0.05, 0) is 43.2 Å². The van der Waals surface area contributed by atoms with Gasteiger partial charge in [0.1, 0.15) is 18.0 Å². The van der Waals surface area contributed by atoms with E-state index in [4.69, 9.17) is 9.47 Å². The molecular weight excluding hydrogens is 408 g/mol. The summed E-state index contributed by atoms with van der Waals surface area (Å²) >= 11 is 0. The Balaban J connectivity index is 1.55. The van der Waals surface area contributed by atoms with Gasteiger partial charge in [-0.25, -0.2) is 5.01 Å². The van der Waals surface area contributed by atoms with E-state index in [-0.39, 0.29) is 18.4 Å². The second-order valence-corrected chi connectivity index (χ2v) is 8.11. The van der Waals surface area contributed by atoms with Crippen LogP contribution in [-0.2, 0) is 21.5 Å². The summed E-state index contributed by atoms with van der Waals surface area (Å²) in [5.74, 6) is 0.851. The number of H-pyrrole nitrogens is 1. The minimum absolute atomic E-state index is 0.104. The Kier molecular flexibility index (Phi) is 4.65. The van der Waals surface area contributed by atoms with Gasteiger partial charge in [0.2, 0.25) is 5.91 Å². The Morgan fingerprint density at radius 3 is 2.72 bits per heavy atom. The van der Waals surface area contributed by atoms with Crippen LogP contribution in [0.2, 0.25) is 0 Å². The molecule has 164 valence electrons. The van der Waals surface area contributed by atoms with Gasteiger partial charge in [0, 0.05) is 23.0 Å². The number of hydrazone groups is 1. The van der Waals surface area contributed by atoms with Crippen molar-refractivity contribution in [1.82, 2.24) is 14.9 Å². The van der Waals surface area contributed by atoms with Gasteiger partial charge < -0.3 is 19.4 Å². The molecule has 0 aliphatic carbocycles. The average Bonchev–Trinajstić information content (AvgIpc) is 3.20. The summed E-state index contributed by atoms with van der Waals surface area (Å²) in [6.07, 6.45) is 2.23. The summed E-state index contributed by atoms with van der Waals surface area (Å²) in [5, 5.41) is 6.73. The molecule has 1 saturated heterocycles. The van der Waals surface area contributed by atoms with E-state index >= 15 is 0 Å². The molecule has 0 saturated carbocycles. The van der Waals surface area contributed by atoms with Gasteiger partial charge >= 0.3 is 0 Å². The van der Waals surface area contributed by atoms with Crippen molar-refractivity contribution in [2.45, 2.75) is 18.9 Å². The van der Waals surface area contributed by atoms with E-state index < -0.39 is 5.54 Å². The first-order chi connectivity index (χ1) is 15.5. The number of aromatic amines is 1. The average molecular weight is 432 g/mol. The molecule has 3 heterocycles. The number of nitrogens with zero attached hydrogens (tertiary/aromatic N) is 3. The molecule has 2 aliphatic rings. The van der Waals surface area contributed by atoms with Crippen LogP contribution < -0.4 is 9.47 Å². The van der Waals surface area contributed by atoms with Gasteiger partial charge in [0.25, 0.3) is 5.91 Å². The number of hydrogen-bond donors (Lipinski definition) is 1. The van der Waals surface area contributed by atoms with Crippen LogP contribution in [0.15, 0.2) is 47.6 Å². The summed E-state index contributed by atoms with van der Waals surface area (Å²) in [4.78, 5) is 31.8. The molecule has 0 radical (unpaired) electrons. The van der Waals surface area contributed by atoms with E-state index in [1.165, 1.54) is 11.2 Å². The number of benzene rings is 2. The summed E-state index contributed by atoms with van der Waals surface area (Å²) in [6, 6.07) is 13.3. The van der Waals surface area contributed by atoms with Crippen molar-refractivity contribution in [1.29, 1.82) is 0 Å². The maximum absolute atomic E-state index is 13.7. The predicted molar refractivity (Wildman–Crippen MR) is 120 cm³/mol. The molecule has 32 heavy (non-hydrogen) atoms. The van der Waals surface area contributed by atoms with Crippen molar-refractivity contribution in [2.75, 3.05) is 27.3 Å². The second-order valence-electron chi connectivity index (χ2n) is 8.11. The molecule has 1 fully saturated rings. The number of piperazine rings is 1. The molecule has 2 aromatic carbocycles. The zero-order chi connectivity index (χ0) is 22.5. The van der Waals surface area contributed by atoms with Gasteiger partial charge in [0.15, 0.2) is 5.54 Å². The molecule has 5 rings (SSSR count). The molecule has 1 unspecified atom stereocenters. The Morgan fingerprint density at radius 2 is 1.94 bits per heavy atom. The third kappa shape index (κ3) is 2.86. The van der Waals surface area contributed by atoms with E-state index in [1.807, 2.05) is 24.3 Å². The van der Waals surface area contributed by atoms with Crippen LogP contribution in [0.25, 0.3) is 10.9 Å². The van der Waals surface area contributed by atoms with Crippen LogP contribution in [0, 0.1) is 0 Å². The third-order valence-electron chi connectivity index (χ3n) is 6.44. The van der Waals surface area contributed by atoms with E-state index in [1.54, 1.807) is 44.2 Å². The van der Waals surface area contributed by atoms with Crippen molar-refractivity contribution in [3.05, 3.63) is 59.3 Å². The quantitative estimate of drug-likeness (QED) is 0.642. The summed E-state index contributed by atoms with van der Waals surface area (Å²) in [7, 11) is 3.14. The molecule has 0 spiro atoms. The highest BCUT2D eigenvalue weighted by atomic mass is 16.5. The fraction of sp³-hybridized carbons (Fsp3) is 0.292. The third-order valence-corrected chi connectivity index (χ3v) is 6.44. The molecule has 1 atom stereocenters. The number of nitrogens with one attached hydrogen (secondary N) is 1. The molecular formula is C24H24N4O4. The Hall–Kier alpha value is -3.81. The van der Waals surface area contributed by atoms with Crippen molar-refractivity contribution in [3.8, 4) is 11.5 Å². The number of carbonyl (C=O) groups excluding carboxylic acids is 2. The normalized spacial score (nSPS) is 20.6. The lowest BCUT2D eigenvalue weighted by Crippen LogP contribution is -2.65. The predicted octanol–water partition coefficient (Wildman–Crippen LogP) is 2.66. The number of ether oxygens (including phenoxy) is 2. The first-order valence-corrected chi connectivity index (χ1v) is 10.5.